The second-order valence-corrected chi connectivity index (χ2v) is 5.72. The molecule has 0 aromatic heterocycles. The van der Waals surface area contributed by atoms with Crippen LogP contribution in [0, 0.1) is 16.7 Å². The predicted octanol–water partition coefficient (Wildman–Crippen LogP) is 0.906. The lowest BCUT2D eigenvalue weighted by Gasteiger charge is -2.45. The molecule has 3 aliphatic rings. The van der Waals surface area contributed by atoms with Crippen molar-refractivity contribution in [2.75, 3.05) is 26.3 Å². The van der Waals surface area contributed by atoms with Gasteiger partial charge in [0.25, 0.3) is 0 Å². The molecular weight excluding hydrogens is 216 g/mol. The Bertz CT molecular complexity index is 346. The van der Waals surface area contributed by atoms with E-state index in [0.29, 0.717) is 6.61 Å². The molecule has 0 amide bonds. The molecule has 3 rings (SSSR count). The van der Waals surface area contributed by atoms with Crippen LogP contribution in [0.1, 0.15) is 32.1 Å². The van der Waals surface area contributed by atoms with E-state index in [1.165, 1.54) is 0 Å². The second kappa shape index (κ2) is 3.94. The summed E-state index contributed by atoms with van der Waals surface area (Å²) in [6.45, 7) is 3.15. The monoisotopic (exact) mass is 236 g/mol. The lowest BCUT2D eigenvalue weighted by molar-refractivity contribution is -0.129. The minimum absolute atomic E-state index is 0.184. The number of rotatable bonds is 1. The van der Waals surface area contributed by atoms with E-state index in [1.807, 2.05) is 0 Å². The molecule has 3 unspecified atom stereocenters. The fraction of sp³-hybridized carbons (Fsp3) is 0.923. The summed E-state index contributed by atoms with van der Waals surface area (Å²) in [6.07, 6.45) is 4.58. The van der Waals surface area contributed by atoms with Gasteiger partial charge >= 0.3 is 0 Å². The van der Waals surface area contributed by atoms with Crippen molar-refractivity contribution in [2.24, 2.45) is 5.41 Å². The van der Waals surface area contributed by atoms with E-state index in [-0.39, 0.29) is 6.04 Å². The maximum atomic E-state index is 11.1. The second-order valence-electron chi connectivity index (χ2n) is 5.72. The molecule has 17 heavy (non-hydrogen) atoms. The summed E-state index contributed by atoms with van der Waals surface area (Å²) in [5, 5.41) is 20.7. The van der Waals surface area contributed by atoms with Crippen LogP contribution in [0.4, 0.5) is 0 Å². The van der Waals surface area contributed by atoms with Crippen LogP contribution >= 0.6 is 0 Å². The average molecular weight is 236 g/mol. The van der Waals surface area contributed by atoms with Gasteiger partial charge in [-0.2, -0.15) is 5.26 Å². The maximum absolute atomic E-state index is 11.1. The third kappa shape index (κ3) is 1.46. The van der Waals surface area contributed by atoms with Crippen LogP contribution in [0.25, 0.3) is 0 Å². The van der Waals surface area contributed by atoms with Gasteiger partial charge in [0.05, 0.1) is 12.7 Å². The van der Waals surface area contributed by atoms with E-state index in [4.69, 9.17) is 4.74 Å². The molecule has 3 heterocycles. The standard InChI is InChI=1S/C13H20N2O2/c14-9-12(4-2-8-17-10-12)13(16)5-7-15-6-1-3-11(13)15/h11,16H,1-8,10H2. The van der Waals surface area contributed by atoms with Gasteiger partial charge in [0.15, 0.2) is 0 Å². The van der Waals surface area contributed by atoms with Gasteiger partial charge in [0, 0.05) is 19.2 Å². The summed E-state index contributed by atoms with van der Waals surface area (Å²) in [5.74, 6) is 0. The van der Waals surface area contributed by atoms with E-state index in [0.717, 1.165) is 51.8 Å². The fourth-order valence-electron chi connectivity index (χ4n) is 3.99. The summed E-state index contributed by atoms with van der Waals surface area (Å²) in [5.41, 5.74) is -1.52. The highest BCUT2D eigenvalue weighted by atomic mass is 16.5. The van der Waals surface area contributed by atoms with Crippen LogP contribution in [0.15, 0.2) is 0 Å². The molecule has 0 bridgehead atoms. The first kappa shape index (κ1) is 11.5. The molecule has 0 saturated carbocycles. The van der Waals surface area contributed by atoms with Gasteiger partial charge < -0.3 is 9.84 Å². The van der Waals surface area contributed by atoms with Crippen molar-refractivity contribution in [3.63, 3.8) is 0 Å². The zero-order chi connectivity index (χ0) is 11.9. The van der Waals surface area contributed by atoms with Crippen LogP contribution in [0.3, 0.4) is 0 Å². The molecule has 1 N–H and O–H groups in total. The van der Waals surface area contributed by atoms with Crippen molar-refractivity contribution < 1.29 is 9.84 Å². The van der Waals surface area contributed by atoms with Crippen molar-refractivity contribution in [2.45, 2.75) is 43.7 Å². The Morgan fingerprint density at radius 1 is 1.29 bits per heavy atom. The summed E-state index contributed by atoms with van der Waals surface area (Å²) < 4.78 is 5.50. The lowest BCUT2D eigenvalue weighted by Crippen LogP contribution is -2.57. The van der Waals surface area contributed by atoms with Crippen molar-refractivity contribution >= 4 is 0 Å². The summed E-state index contributed by atoms with van der Waals surface area (Å²) >= 11 is 0. The number of fused-ring (bicyclic) bond motifs is 1. The first-order chi connectivity index (χ1) is 8.22. The van der Waals surface area contributed by atoms with Crippen molar-refractivity contribution in [3.05, 3.63) is 0 Å². The highest BCUT2D eigenvalue weighted by Gasteiger charge is 2.61. The Morgan fingerprint density at radius 2 is 2.18 bits per heavy atom. The van der Waals surface area contributed by atoms with Gasteiger partial charge in [-0.1, -0.05) is 0 Å². The molecule has 0 aromatic carbocycles. The summed E-state index contributed by atoms with van der Waals surface area (Å²) in [6, 6.07) is 2.59. The molecule has 94 valence electrons. The number of aliphatic hydroxyl groups is 1. The molecule has 3 saturated heterocycles. The molecular formula is C13H20N2O2. The fourth-order valence-corrected chi connectivity index (χ4v) is 3.99. The van der Waals surface area contributed by atoms with Crippen LogP contribution in [-0.2, 0) is 4.74 Å². The van der Waals surface area contributed by atoms with E-state index in [9.17, 15) is 10.4 Å². The van der Waals surface area contributed by atoms with E-state index >= 15 is 0 Å². The first-order valence-electron chi connectivity index (χ1n) is 6.67. The molecule has 0 aromatic rings. The molecule has 3 aliphatic heterocycles. The quantitative estimate of drug-likeness (QED) is 0.735. The first-order valence-corrected chi connectivity index (χ1v) is 6.67. The van der Waals surface area contributed by atoms with E-state index in [2.05, 4.69) is 11.0 Å². The number of nitrogens with zero attached hydrogens (tertiary/aromatic N) is 2. The SMILES string of the molecule is N#CC1(C2(O)CCN3CCCC32)CCCOC1. The van der Waals surface area contributed by atoms with Gasteiger partial charge in [0.1, 0.15) is 11.0 Å². The molecule has 0 spiro atoms. The van der Waals surface area contributed by atoms with Crippen LogP contribution in [-0.4, -0.2) is 48.0 Å². The van der Waals surface area contributed by atoms with Gasteiger partial charge in [-0.25, -0.2) is 0 Å². The molecule has 4 heteroatoms. The topological polar surface area (TPSA) is 56.5 Å². The Balaban J connectivity index is 1.93. The smallest absolute Gasteiger partial charge is 0.111 e. The van der Waals surface area contributed by atoms with Crippen molar-refractivity contribution in [1.82, 2.24) is 4.90 Å². The van der Waals surface area contributed by atoms with Gasteiger partial charge in [-0.15, -0.1) is 0 Å². The predicted molar refractivity (Wildman–Crippen MR) is 62.3 cm³/mol. The molecule has 3 fully saturated rings. The Labute approximate surface area is 102 Å². The maximum Gasteiger partial charge on any atom is 0.111 e. The Morgan fingerprint density at radius 3 is 2.88 bits per heavy atom. The highest BCUT2D eigenvalue weighted by Crippen LogP contribution is 2.50. The number of nitriles is 1. The summed E-state index contributed by atoms with van der Waals surface area (Å²) in [7, 11) is 0. The molecule has 3 atom stereocenters. The largest absolute Gasteiger partial charge is 0.386 e. The number of ether oxygens (including phenoxy) is 1. The third-order valence-electron chi connectivity index (χ3n) is 4.98. The zero-order valence-corrected chi connectivity index (χ0v) is 10.2. The van der Waals surface area contributed by atoms with Crippen LogP contribution < -0.4 is 0 Å². The minimum Gasteiger partial charge on any atom is -0.386 e. The van der Waals surface area contributed by atoms with E-state index < -0.39 is 11.0 Å². The normalized spacial score (nSPS) is 46.7. The van der Waals surface area contributed by atoms with Gasteiger partial charge in [-0.05, 0) is 38.6 Å². The van der Waals surface area contributed by atoms with Crippen molar-refractivity contribution in [3.8, 4) is 6.07 Å². The minimum atomic E-state index is -0.849. The number of hydrogen-bond acceptors (Lipinski definition) is 4. The number of hydrogen-bond donors (Lipinski definition) is 1. The van der Waals surface area contributed by atoms with Gasteiger partial charge in [0.2, 0.25) is 0 Å². The lowest BCUT2D eigenvalue weighted by atomic mass is 9.65. The van der Waals surface area contributed by atoms with Gasteiger partial charge in [-0.3, -0.25) is 4.90 Å². The third-order valence-corrected chi connectivity index (χ3v) is 4.98. The average Bonchev–Trinajstić information content (AvgIpc) is 2.95. The van der Waals surface area contributed by atoms with Crippen LogP contribution in [0.2, 0.25) is 0 Å². The molecule has 0 radical (unpaired) electrons. The highest BCUT2D eigenvalue weighted by molar-refractivity contribution is 5.20. The molecule has 0 aliphatic carbocycles. The Kier molecular flexibility index (Phi) is 2.66. The van der Waals surface area contributed by atoms with Crippen LogP contribution in [0.5, 0.6) is 0 Å². The van der Waals surface area contributed by atoms with E-state index in [1.54, 1.807) is 0 Å². The summed E-state index contributed by atoms with van der Waals surface area (Å²) in [4.78, 5) is 2.35. The Hall–Kier alpha value is -0.630. The zero-order valence-electron chi connectivity index (χ0n) is 10.2. The van der Waals surface area contributed by atoms with Crippen molar-refractivity contribution in [1.29, 1.82) is 5.26 Å². The molecule has 4 nitrogen and oxygen atoms in total.